The van der Waals surface area contributed by atoms with Crippen LogP contribution < -0.4 is 10.6 Å². The summed E-state index contributed by atoms with van der Waals surface area (Å²) in [5, 5.41) is 9.81. The molecule has 3 rings (SSSR count). The van der Waals surface area contributed by atoms with Crippen LogP contribution in [0.15, 0.2) is 48.7 Å². The normalized spacial score (nSPS) is 10.4. The van der Waals surface area contributed by atoms with E-state index >= 15 is 0 Å². The topological polar surface area (TPSA) is 102 Å². The highest BCUT2D eigenvalue weighted by molar-refractivity contribution is 7.17. The van der Waals surface area contributed by atoms with E-state index in [1.807, 2.05) is 0 Å². The van der Waals surface area contributed by atoms with E-state index in [0.29, 0.717) is 21.9 Å². The van der Waals surface area contributed by atoms with Gasteiger partial charge in [-0.1, -0.05) is 0 Å². The number of aromatic nitrogens is 2. The molecule has 0 aliphatic rings. The molecule has 0 saturated heterocycles. The van der Waals surface area contributed by atoms with Crippen molar-refractivity contribution < 1.29 is 19.1 Å². The first-order valence-electron chi connectivity index (χ1n) is 8.34. The lowest BCUT2D eigenvalue weighted by Crippen LogP contribution is -2.19. The third-order valence-corrected chi connectivity index (χ3v) is 4.77. The summed E-state index contributed by atoms with van der Waals surface area (Å²) in [4.78, 5) is 36.1. The van der Waals surface area contributed by atoms with Crippen LogP contribution in [0.3, 0.4) is 0 Å². The van der Waals surface area contributed by atoms with E-state index in [0.717, 1.165) is 4.88 Å². The zero-order chi connectivity index (χ0) is 20.1. The number of rotatable bonds is 6. The summed E-state index contributed by atoms with van der Waals surface area (Å²) >= 11 is 1.28. The summed E-state index contributed by atoms with van der Waals surface area (Å²) in [6.07, 6.45) is 1.70. The van der Waals surface area contributed by atoms with Crippen molar-refractivity contribution in [2.45, 2.75) is 13.5 Å². The third kappa shape index (κ3) is 4.83. The Balaban J connectivity index is 1.60. The molecule has 9 heteroatoms. The molecule has 144 valence electrons. The fraction of sp³-hybridized carbons (Fsp3) is 0.158. The van der Waals surface area contributed by atoms with Crippen molar-refractivity contribution >= 4 is 40.5 Å². The van der Waals surface area contributed by atoms with Crippen molar-refractivity contribution in [3.8, 4) is 10.6 Å². The van der Waals surface area contributed by atoms with Crippen LogP contribution in [0.5, 0.6) is 0 Å². The van der Waals surface area contributed by atoms with Gasteiger partial charge in [0.25, 0.3) is 0 Å². The number of carbonyl (C=O) groups excluding carboxylic acids is 3. The summed E-state index contributed by atoms with van der Waals surface area (Å²) < 4.78 is 6.22. The molecule has 0 aliphatic carbocycles. The van der Waals surface area contributed by atoms with Gasteiger partial charge < -0.3 is 15.4 Å². The predicted octanol–water partition coefficient (Wildman–Crippen LogP) is 3.00. The molecule has 0 aliphatic heterocycles. The Morgan fingerprint density at radius 1 is 1.04 bits per heavy atom. The fourth-order valence-electron chi connectivity index (χ4n) is 2.45. The predicted molar refractivity (Wildman–Crippen MR) is 106 cm³/mol. The third-order valence-electron chi connectivity index (χ3n) is 3.68. The van der Waals surface area contributed by atoms with E-state index in [4.69, 9.17) is 4.74 Å². The zero-order valence-electron chi connectivity index (χ0n) is 15.3. The molecule has 1 aromatic carbocycles. The van der Waals surface area contributed by atoms with E-state index in [1.165, 1.54) is 30.1 Å². The van der Waals surface area contributed by atoms with Gasteiger partial charge in [-0.3, -0.25) is 14.3 Å². The molecule has 2 N–H and O–H groups in total. The fourth-order valence-corrected chi connectivity index (χ4v) is 3.34. The van der Waals surface area contributed by atoms with Crippen LogP contribution in [0.1, 0.15) is 16.6 Å². The van der Waals surface area contributed by atoms with Crippen LogP contribution in [-0.2, 0) is 20.9 Å². The van der Waals surface area contributed by atoms with Gasteiger partial charge in [0, 0.05) is 24.5 Å². The Kier molecular flexibility index (Phi) is 5.85. The van der Waals surface area contributed by atoms with Crippen LogP contribution in [0.25, 0.3) is 10.6 Å². The molecule has 0 radical (unpaired) electrons. The minimum Gasteiger partial charge on any atom is -0.465 e. The number of benzene rings is 1. The average Bonchev–Trinajstić information content (AvgIpc) is 3.31. The second-order valence-electron chi connectivity index (χ2n) is 5.86. The Hall–Kier alpha value is -3.46. The Bertz CT molecular complexity index is 1010. The minimum atomic E-state index is -0.389. The van der Waals surface area contributed by atoms with Gasteiger partial charge in [0.1, 0.15) is 17.1 Å². The van der Waals surface area contributed by atoms with Gasteiger partial charge in [-0.15, -0.1) is 11.3 Å². The van der Waals surface area contributed by atoms with Gasteiger partial charge in [0.05, 0.1) is 12.0 Å². The molecule has 0 atom stereocenters. The monoisotopic (exact) mass is 398 g/mol. The number of hydrogen-bond acceptors (Lipinski definition) is 6. The van der Waals surface area contributed by atoms with Crippen molar-refractivity contribution in [2.75, 3.05) is 17.7 Å². The summed E-state index contributed by atoms with van der Waals surface area (Å²) in [6, 6.07) is 12.1. The minimum absolute atomic E-state index is 0.0443. The number of thiophene rings is 1. The number of carbonyl (C=O) groups is 3. The van der Waals surface area contributed by atoms with E-state index in [1.54, 1.807) is 48.7 Å². The van der Waals surface area contributed by atoms with Gasteiger partial charge in [-0.2, -0.15) is 5.10 Å². The van der Waals surface area contributed by atoms with E-state index in [-0.39, 0.29) is 24.3 Å². The molecule has 2 heterocycles. The van der Waals surface area contributed by atoms with Crippen molar-refractivity contribution in [3.05, 3.63) is 53.5 Å². The Morgan fingerprint density at radius 3 is 2.36 bits per heavy atom. The maximum absolute atomic E-state index is 12.2. The molecular formula is C19H18N4O4S. The number of methoxy groups -OCH3 is 1. The molecule has 28 heavy (non-hydrogen) atoms. The lowest BCUT2D eigenvalue weighted by molar-refractivity contribution is -0.117. The maximum atomic E-state index is 12.2. The van der Waals surface area contributed by atoms with Crippen LogP contribution in [0.2, 0.25) is 0 Å². The van der Waals surface area contributed by atoms with E-state index in [9.17, 15) is 14.4 Å². The number of ether oxygens (including phenoxy) is 1. The number of anilines is 2. The molecule has 0 fully saturated rings. The smallest absolute Gasteiger partial charge is 0.348 e. The largest absolute Gasteiger partial charge is 0.465 e. The summed E-state index contributed by atoms with van der Waals surface area (Å²) in [7, 11) is 1.34. The number of esters is 1. The number of nitrogens with zero attached hydrogens (tertiary/aromatic N) is 2. The lowest BCUT2D eigenvalue weighted by atomic mass is 10.2. The van der Waals surface area contributed by atoms with Crippen molar-refractivity contribution in [3.63, 3.8) is 0 Å². The van der Waals surface area contributed by atoms with Crippen LogP contribution in [0, 0.1) is 0 Å². The Morgan fingerprint density at radius 2 is 1.71 bits per heavy atom. The Labute approximate surface area is 165 Å². The second-order valence-corrected chi connectivity index (χ2v) is 6.94. The maximum Gasteiger partial charge on any atom is 0.348 e. The summed E-state index contributed by atoms with van der Waals surface area (Å²) in [6.45, 7) is 1.48. The molecule has 2 aromatic heterocycles. The average molecular weight is 398 g/mol. The van der Waals surface area contributed by atoms with Crippen LogP contribution in [-0.4, -0.2) is 34.7 Å². The molecule has 3 aromatic rings. The molecule has 0 unspecified atom stereocenters. The van der Waals surface area contributed by atoms with Gasteiger partial charge in [-0.25, -0.2) is 4.79 Å². The zero-order valence-corrected chi connectivity index (χ0v) is 16.1. The first-order valence-corrected chi connectivity index (χ1v) is 9.16. The lowest BCUT2D eigenvalue weighted by Gasteiger charge is -2.07. The highest BCUT2D eigenvalue weighted by atomic mass is 32.1. The highest BCUT2D eigenvalue weighted by Crippen LogP contribution is 2.27. The molecular weight excluding hydrogens is 380 g/mol. The van der Waals surface area contributed by atoms with Crippen molar-refractivity contribution in [1.82, 2.24) is 9.78 Å². The highest BCUT2D eigenvalue weighted by Gasteiger charge is 2.13. The number of nitrogens with one attached hydrogen (secondary N) is 2. The first-order chi connectivity index (χ1) is 13.4. The van der Waals surface area contributed by atoms with Crippen LogP contribution >= 0.6 is 11.3 Å². The standard InChI is InChI=1S/C19H18N4O4S/c1-12(24)20-13-3-5-14(6-4-13)21-18(25)11-23-10-9-15(22-23)16-7-8-17(28-16)19(26)27-2/h3-10H,11H2,1-2H3,(H,20,24)(H,21,25). The number of amides is 2. The molecule has 0 spiro atoms. The number of hydrogen-bond donors (Lipinski definition) is 2. The SMILES string of the molecule is COC(=O)c1ccc(-c2ccn(CC(=O)Nc3ccc(NC(C)=O)cc3)n2)s1. The van der Waals surface area contributed by atoms with Gasteiger partial charge in [0.2, 0.25) is 11.8 Å². The first kappa shape index (κ1) is 19.3. The molecule has 8 nitrogen and oxygen atoms in total. The van der Waals surface area contributed by atoms with Crippen molar-refractivity contribution in [1.29, 1.82) is 0 Å². The molecule has 2 amide bonds. The van der Waals surface area contributed by atoms with Gasteiger partial charge >= 0.3 is 5.97 Å². The summed E-state index contributed by atoms with van der Waals surface area (Å²) in [5.74, 6) is -0.779. The van der Waals surface area contributed by atoms with Crippen molar-refractivity contribution in [2.24, 2.45) is 0 Å². The molecule has 0 bridgehead atoms. The van der Waals surface area contributed by atoms with Gasteiger partial charge in [-0.05, 0) is 42.5 Å². The molecule has 0 saturated carbocycles. The second kappa shape index (κ2) is 8.49. The van der Waals surface area contributed by atoms with E-state index < -0.39 is 0 Å². The summed E-state index contributed by atoms with van der Waals surface area (Å²) in [5.41, 5.74) is 1.95. The van der Waals surface area contributed by atoms with E-state index in [2.05, 4.69) is 15.7 Å². The van der Waals surface area contributed by atoms with Gasteiger partial charge in [0.15, 0.2) is 0 Å². The quantitative estimate of drug-likeness (QED) is 0.622. The van der Waals surface area contributed by atoms with Crippen LogP contribution in [0.4, 0.5) is 11.4 Å².